The zero-order valence-electron chi connectivity index (χ0n) is 13.0. The van der Waals surface area contributed by atoms with Crippen LogP contribution in [-0.4, -0.2) is 29.4 Å². The number of imide groups is 1. The second-order valence-corrected chi connectivity index (χ2v) is 5.68. The number of hydrogen-bond donors (Lipinski definition) is 1. The second kappa shape index (κ2) is 6.71. The number of benzene rings is 1. The summed E-state index contributed by atoms with van der Waals surface area (Å²) in [6.45, 7) is 2.59. The maximum absolute atomic E-state index is 12.5. The van der Waals surface area contributed by atoms with Crippen LogP contribution in [0, 0.1) is 6.92 Å². The summed E-state index contributed by atoms with van der Waals surface area (Å²) in [5.41, 5.74) is 2.70. The van der Waals surface area contributed by atoms with Gasteiger partial charge in [-0.2, -0.15) is 0 Å². The van der Waals surface area contributed by atoms with E-state index >= 15 is 0 Å². The van der Waals surface area contributed by atoms with Gasteiger partial charge in [-0.3, -0.25) is 14.6 Å². The molecule has 0 bridgehead atoms. The summed E-state index contributed by atoms with van der Waals surface area (Å²) in [7, 11) is 0. The van der Waals surface area contributed by atoms with Crippen LogP contribution >= 0.6 is 0 Å². The normalized spacial score (nSPS) is 17.8. The fraction of sp³-hybridized carbons (Fsp3) is 0.278. The van der Waals surface area contributed by atoms with E-state index in [1.165, 1.54) is 4.90 Å². The molecule has 1 aromatic carbocycles. The van der Waals surface area contributed by atoms with Gasteiger partial charge in [0.05, 0.1) is 18.2 Å². The second-order valence-electron chi connectivity index (χ2n) is 5.68. The van der Waals surface area contributed by atoms with Crippen LogP contribution in [0.5, 0.6) is 0 Å². The fourth-order valence-electron chi connectivity index (χ4n) is 2.68. The summed E-state index contributed by atoms with van der Waals surface area (Å²) in [6, 6.07) is 12.7. The van der Waals surface area contributed by atoms with Crippen molar-refractivity contribution in [1.82, 2.24) is 10.3 Å². The Kier molecular flexibility index (Phi) is 4.48. The summed E-state index contributed by atoms with van der Waals surface area (Å²) >= 11 is 0. The molecule has 5 nitrogen and oxygen atoms in total. The molecule has 2 amide bonds. The Morgan fingerprint density at radius 1 is 1.17 bits per heavy atom. The predicted octanol–water partition coefficient (Wildman–Crippen LogP) is 1.85. The van der Waals surface area contributed by atoms with Crippen LogP contribution in [-0.2, 0) is 16.0 Å². The lowest BCUT2D eigenvalue weighted by Gasteiger charge is -2.15. The summed E-state index contributed by atoms with van der Waals surface area (Å²) in [6.07, 6.45) is 2.68. The maximum atomic E-state index is 12.5. The standard InChI is InChI=1S/C18H19N3O2/c1-13-5-7-15(8-6-13)21-17(22)12-16(18(21)23)20-11-9-14-4-2-3-10-19-14/h2-8,10,16,20H,9,11-12H2,1H3/t16-/m1/s1. The number of rotatable bonds is 5. The maximum Gasteiger partial charge on any atom is 0.251 e. The topological polar surface area (TPSA) is 62.3 Å². The lowest BCUT2D eigenvalue weighted by Crippen LogP contribution is -2.39. The van der Waals surface area contributed by atoms with E-state index in [1.54, 1.807) is 18.3 Å². The minimum atomic E-state index is -0.451. The molecule has 0 radical (unpaired) electrons. The van der Waals surface area contributed by atoms with Gasteiger partial charge in [-0.25, -0.2) is 4.90 Å². The van der Waals surface area contributed by atoms with Gasteiger partial charge in [0.15, 0.2) is 0 Å². The molecule has 2 aromatic rings. The van der Waals surface area contributed by atoms with Gasteiger partial charge in [0, 0.05) is 24.9 Å². The van der Waals surface area contributed by atoms with Crippen LogP contribution in [0.25, 0.3) is 0 Å². The van der Waals surface area contributed by atoms with Crippen molar-refractivity contribution in [3.05, 3.63) is 59.9 Å². The van der Waals surface area contributed by atoms with Crippen molar-refractivity contribution in [3.63, 3.8) is 0 Å². The molecule has 5 heteroatoms. The number of pyridine rings is 1. The van der Waals surface area contributed by atoms with Crippen molar-refractivity contribution in [3.8, 4) is 0 Å². The first-order valence-electron chi connectivity index (χ1n) is 7.72. The quantitative estimate of drug-likeness (QED) is 0.856. The van der Waals surface area contributed by atoms with Crippen LogP contribution in [0.1, 0.15) is 17.7 Å². The van der Waals surface area contributed by atoms with Gasteiger partial charge in [-0.15, -0.1) is 0 Å². The largest absolute Gasteiger partial charge is 0.305 e. The Hall–Kier alpha value is -2.53. The molecule has 0 aliphatic carbocycles. The summed E-state index contributed by atoms with van der Waals surface area (Å²) in [5.74, 6) is -0.339. The highest BCUT2D eigenvalue weighted by molar-refractivity contribution is 6.22. The van der Waals surface area contributed by atoms with E-state index in [9.17, 15) is 9.59 Å². The molecule has 1 aliphatic heterocycles. The molecule has 0 unspecified atom stereocenters. The van der Waals surface area contributed by atoms with Gasteiger partial charge in [0.1, 0.15) is 0 Å². The molecule has 1 atom stereocenters. The SMILES string of the molecule is Cc1ccc(N2C(=O)C[C@@H](NCCc3ccccn3)C2=O)cc1. The highest BCUT2D eigenvalue weighted by atomic mass is 16.2. The van der Waals surface area contributed by atoms with E-state index < -0.39 is 6.04 Å². The van der Waals surface area contributed by atoms with Gasteiger partial charge in [-0.1, -0.05) is 23.8 Å². The van der Waals surface area contributed by atoms with E-state index in [0.29, 0.717) is 12.2 Å². The molecule has 1 aromatic heterocycles. The fourth-order valence-corrected chi connectivity index (χ4v) is 2.68. The zero-order chi connectivity index (χ0) is 16.2. The Labute approximate surface area is 135 Å². The first-order chi connectivity index (χ1) is 11.1. The van der Waals surface area contributed by atoms with E-state index in [1.807, 2.05) is 37.3 Å². The molecule has 1 N–H and O–H groups in total. The highest BCUT2D eigenvalue weighted by Crippen LogP contribution is 2.23. The molecular weight excluding hydrogens is 290 g/mol. The van der Waals surface area contributed by atoms with Crippen LogP contribution in [0.4, 0.5) is 5.69 Å². The molecule has 23 heavy (non-hydrogen) atoms. The molecule has 1 fully saturated rings. The van der Waals surface area contributed by atoms with Gasteiger partial charge >= 0.3 is 0 Å². The molecule has 0 saturated carbocycles. The molecule has 3 rings (SSSR count). The third-order valence-corrected chi connectivity index (χ3v) is 3.94. The first-order valence-corrected chi connectivity index (χ1v) is 7.72. The lowest BCUT2D eigenvalue weighted by atomic mass is 10.2. The summed E-state index contributed by atoms with van der Waals surface area (Å²) in [4.78, 5) is 30.2. The molecule has 1 saturated heterocycles. The van der Waals surface area contributed by atoms with Crippen LogP contribution in [0.2, 0.25) is 0 Å². The average molecular weight is 309 g/mol. The van der Waals surface area contributed by atoms with Crippen LogP contribution in [0.15, 0.2) is 48.7 Å². The van der Waals surface area contributed by atoms with E-state index in [2.05, 4.69) is 10.3 Å². The number of amides is 2. The molecule has 1 aliphatic rings. The Morgan fingerprint density at radius 3 is 2.65 bits per heavy atom. The monoisotopic (exact) mass is 309 g/mol. The Morgan fingerprint density at radius 2 is 1.96 bits per heavy atom. The number of aromatic nitrogens is 1. The molecule has 0 spiro atoms. The first kappa shape index (κ1) is 15.4. The number of nitrogens with zero attached hydrogens (tertiary/aromatic N) is 2. The van der Waals surface area contributed by atoms with E-state index in [-0.39, 0.29) is 18.2 Å². The predicted molar refractivity (Wildman–Crippen MR) is 88.0 cm³/mol. The Balaban J connectivity index is 1.61. The molecule has 118 valence electrons. The minimum absolute atomic E-state index is 0.158. The lowest BCUT2D eigenvalue weighted by molar-refractivity contribution is -0.121. The number of nitrogens with one attached hydrogen (secondary N) is 1. The van der Waals surface area contributed by atoms with Gasteiger partial charge in [-0.05, 0) is 31.2 Å². The summed E-state index contributed by atoms with van der Waals surface area (Å²) in [5, 5.41) is 3.17. The third kappa shape index (κ3) is 3.46. The smallest absolute Gasteiger partial charge is 0.251 e. The van der Waals surface area contributed by atoms with Crippen molar-refractivity contribution in [1.29, 1.82) is 0 Å². The highest BCUT2D eigenvalue weighted by Gasteiger charge is 2.39. The number of carbonyl (C=O) groups excluding carboxylic acids is 2. The number of carbonyl (C=O) groups is 2. The van der Waals surface area contributed by atoms with Crippen molar-refractivity contribution in [2.45, 2.75) is 25.8 Å². The average Bonchev–Trinajstić information content (AvgIpc) is 2.84. The molecular formula is C18H19N3O2. The number of hydrogen-bond acceptors (Lipinski definition) is 4. The number of anilines is 1. The number of aryl methyl sites for hydroxylation is 1. The summed E-state index contributed by atoms with van der Waals surface area (Å²) < 4.78 is 0. The third-order valence-electron chi connectivity index (χ3n) is 3.94. The van der Waals surface area contributed by atoms with Crippen molar-refractivity contribution in [2.24, 2.45) is 0 Å². The van der Waals surface area contributed by atoms with E-state index in [0.717, 1.165) is 17.7 Å². The van der Waals surface area contributed by atoms with E-state index in [4.69, 9.17) is 0 Å². The van der Waals surface area contributed by atoms with Gasteiger partial charge in [0.2, 0.25) is 5.91 Å². The van der Waals surface area contributed by atoms with Gasteiger partial charge in [0.25, 0.3) is 5.91 Å². The van der Waals surface area contributed by atoms with Crippen LogP contribution < -0.4 is 10.2 Å². The van der Waals surface area contributed by atoms with Crippen LogP contribution in [0.3, 0.4) is 0 Å². The zero-order valence-corrected chi connectivity index (χ0v) is 13.0. The van der Waals surface area contributed by atoms with Crippen molar-refractivity contribution >= 4 is 17.5 Å². The Bertz CT molecular complexity index is 698. The molecule has 2 heterocycles. The van der Waals surface area contributed by atoms with Crippen molar-refractivity contribution < 1.29 is 9.59 Å². The van der Waals surface area contributed by atoms with Crippen molar-refractivity contribution in [2.75, 3.05) is 11.4 Å². The van der Waals surface area contributed by atoms with Gasteiger partial charge < -0.3 is 5.32 Å². The minimum Gasteiger partial charge on any atom is -0.305 e.